The van der Waals surface area contributed by atoms with Gasteiger partial charge >= 0.3 is 0 Å². The third kappa shape index (κ3) is 2.02. The molecule has 0 fully saturated rings. The molecule has 2 aliphatic rings. The lowest BCUT2D eigenvalue weighted by Gasteiger charge is -2.29. The number of aliphatic hydroxyl groups excluding tert-OH is 1. The first-order chi connectivity index (χ1) is 12.0. The molecule has 0 aromatic heterocycles. The van der Waals surface area contributed by atoms with E-state index in [0.717, 1.165) is 0 Å². The Morgan fingerprint density at radius 1 is 0.960 bits per heavy atom. The lowest BCUT2D eigenvalue weighted by Crippen LogP contribution is -2.37. The van der Waals surface area contributed by atoms with Crippen molar-refractivity contribution in [3.63, 3.8) is 0 Å². The van der Waals surface area contributed by atoms with Crippen molar-refractivity contribution >= 4 is 17.3 Å². The van der Waals surface area contributed by atoms with Crippen LogP contribution in [0.25, 0.3) is 0 Å². The van der Waals surface area contributed by atoms with E-state index in [0.29, 0.717) is 17.7 Å². The minimum absolute atomic E-state index is 0.110. The molecular weight excluding hydrogens is 320 g/mol. The molecule has 0 bridgehead atoms. The zero-order valence-corrected chi connectivity index (χ0v) is 13.8. The van der Waals surface area contributed by atoms with Gasteiger partial charge in [-0.05, 0) is 30.0 Å². The number of ether oxygens (including phenoxy) is 1. The number of aliphatic hydroxyl groups is 1. The smallest absolute Gasteiger partial charge is 0.198 e. The number of carbonyl (C=O) groups is 3. The quantitative estimate of drug-likeness (QED) is 0.737. The summed E-state index contributed by atoms with van der Waals surface area (Å²) in [6, 6.07) is 8.14. The number of hydrogen-bond donors (Lipinski definition) is 1. The van der Waals surface area contributed by atoms with Gasteiger partial charge in [0.2, 0.25) is 0 Å². The molecule has 2 aliphatic carbocycles. The Balaban J connectivity index is 2.01. The SMILES string of the molecule is COc1cccc2c1C(=O)c1ccc3c(c1C2=O)C(=O)[C@@H](O)[C@@H](C)C3. The number of hydrogen-bond acceptors (Lipinski definition) is 5. The molecular formula is C20H16O5. The van der Waals surface area contributed by atoms with Gasteiger partial charge in [0.05, 0.1) is 12.7 Å². The molecule has 25 heavy (non-hydrogen) atoms. The first-order valence-corrected chi connectivity index (χ1v) is 8.10. The van der Waals surface area contributed by atoms with Crippen molar-refractivity contribution in [2.45, 2.75) is 19.4 Å². The van der Waals surface area contributed by atoms with E-state index in [-0.39, 0.29) is 45.3 Å². The summed E-state index contributed by atoms with van der Waals surface area (Å²) in [5.74, 6) is -1.10. The Kier molecular flexibility index (Phi) is 3.37. The summed E-state index contributed by atoms with van der Waals surface area (Å²) in [6.07, 6.45) is -0.671. The lowest BCUT2D eigenvalue weighted by atomic mass is 9.73. The van der Waals surface area contributed by atoms with Crippen molar-refractivity contribution in [2.24, 2.45) is 5.92 Å². The molecule has 0 unspecified atom stereocenters. The molecule has 2 aromatic rings. The highest BCUT2D eigenvalue weighted by molar-refractivity contribution is 6.32. The molecule has 0 saturated carbocycles. The van der Waals surface area contributed by atoms with Gasteiger partial charge in [-0.3, -0.25) is 14.4 Å². The number of ketones is 3. The average molecular weight is 336 g/mol. The molecule has 0 aliphatic heterocycles. The summed E-state index contributed by atoms with van der Waals surface area (Å²) in [6.45, 7) is 1.79. The number of rotatable bonds is 1. The Morgan fingerprint density at radius 2 is 1.64 bits per heavy atom. The zero-order chi connectivity index (χ0) is 17.9. The van der Waals surface area contributed by atoms with Crippen molar-refractivity contribution in [1.29, 1.82) is 0 Å². The van der Waals surface area contributed by atoms with Crippen molar-refractivity contribution in [3.8, 4) is 5.75 Å². The van der Waals surface area contributed by atoms with Gasteiger partial charge in [0.15, 0.2) is 17.3 Å². The van der Waals surface area contributed by atoms with Crippen molar-refractivity contribution in [2.75, 3.05) is 7.11 Å². The second-order valence-electron chi connectivity index (χ2n) is 6.55. The van der Waals surface area contributed by atoms with Gasteiger partial charge in [0.1, 0.15) is 11.9 Å². The van der Waals surface area contributed by atoms with Crippen molar-refractivity contribution < 1.29 is 24.2 Å². The maximum Gasteiger partial charge on any atom is 0.198 e. The van der Waals surface area contributed by atoms with Gasteiger partial charge < -0.3 is 9.84 Å². The maximum absolute atomic E-state index is 13.1. The predicted octanol–water partition coefficient (Wildman–Crippen LogP) is 2.21. The second kappa shape index (κ2) is 5.36. The molecule has 4 rings (SSSR count). The third-order valence-corrected chi connectivity index (χ3v) is 5.08. The van der Waals surface area contributed by atoms with Gasteiger partial charge in [0, 0.05) is 22.3 Å². The molecule has 126 valence electrons. The van der Waals surface area contributed by atoms with Crippen LogP contribution in [-0.4, -0.2) is 35.7 Å². The summed E-state index contributed by atoms with van der Waals surface area (Å²) in [4.78, 5) is 38.7. The largest absolute Gasteiger partial charge is 0.496 e. The van der Waals surface area contributed by atoms with Crippen LogP contribution in [-0.2, 0) is 6.42 Å². The molecule has 5 heteroatoms. The molecule has 1 N–H and O–H groups in total. The van der Waals surface area contributed by atoms with Crippen LogP contribution in [0.3, 0.4) is 0 Å². The van der Waals surface area contributed by atoms with Crippen LogP contribution in [0.4, 0.5) is 0 Å². The zero-order valence-electron chi connectivity index (χ0n) is 13.8. The molecule has 0 radical (unpaired) electrons. The van der Waals surface area contributed by atoms with Gasteiger partial charge in [0.25, 0.3) is 0 Å². The van der Waals surface area contributed by atoms with Crippen LogP contribution < -0.4 is 4.74 Å². The lowest BCUT2D eigenvalue weighted by molar-refractivity contribution is 0.0593. The van der Waals surface area contributed by atoms with Crippen LogP contribution >= 0.6 is 0 Å². The molecule has 0 spiro atoms. The van der Waals surface area contributed by atoms with Gasteiger partial charge in [-0.2, -0.15) is 0 Å². The van der Waals surface area contributed by atoms with Crippen molar-refractivity contribution in [3.05, 3.63) is 63.7 Å². The van der Waals surface area contributed by atoms with E-state index >= 15 is 0 Å². The number of fused-ring (bicyclic) bond motifs is 4. The van der Waals surface area contributed by atoms with E-state index in [1.54, 1.807) is 37.3 Å². The summed E-state index contributed by atoms with van der Waals surface area (Å²) < 4.78 is 5.23. The highest BCUT2D eigenvalue weighted by Crippen LogP contribution is 2.38. The molecule has 0 heterocycles. The Morgan fingerprint density at radius 3 is 2.36 bits per heavy atom. The fourth-order valence-corrected chi connectivity index (χ4v) is 3.78. The highest BCUT2D eigenvalue weighted by atomic mass is 16.5. The summed E-state index contributed by atoms with van der Waals surface area (Å²) in [5.41, 5.74) is 1.64. The fraction of sp³-hybridized carbons (Fsp3) is 0.250. The minimum atomic E-state index is -1.16. The Bertz CT molecular complexity index is 957. The predicted molar refractivity (Wildman–Crippen MR) is 89.5 cm³/mol. The summed E-state index contributed by atoms with van der Waals surface area (Å²) in [5, 5.41) is 10.2. The van der Waals surface area contributed by atoms with Crippen LogP contribution in [0, 0.1) is 5.92 Å². The monoisotopic (exact) mass is 336 g/mol. The van der Waals surface area contributed by atoms with E-state index < -0.39 is 11.9 Å². The second-order valence-corrected chi connectivity index (χ2v) is 6.55. The summed E-state index contributed by atoms with van der Waals surface area (Å²) in [7, 11) is 1.44. The van der Waals surface area contributed by atoms with E-state index in [2.05, 4.69) is 0 Å². The first-order valence-electron chi connectivity index (χ1n) is 8.10. The fourth-order valence-electron chi connectivity index (χ4n) is 3.78. The summed E-state index contributed by atoms with van der Waals surface area (Å²) >= 11 is 0. The van der Waals surface area contributed by atoms with Crippen LogP contribution in [0.15, 0.2) is 30.3 Å². The Labute approximate surface area is 144 Å². The number of Topliss-reactive ketones (excluding diaryl/α,β-unsaturated/α-hetero) is 1. The van der Waals surface area contributed by atoms with Gasteiger partial charge in [-0.1, -0.05) is 25.1 Å². The van der Waals surface area contributed by atoms with Crippen LogP contribution in [0.2, 0.25) is 0 Å². The third-order valence-electron chi connectivity index (χ3n) is 5.08. The molecule has 0 amide bonds. The number of benzene rings is 2. The minimum Gasteiger partial charge on any atom is -0.496 e. The van der Waals surface area contributed by atoms with Crippen LogP contribution in [0.1, 0.15) is 54.7 Å². The highest BCUT2D eigenvalue weighted by Gasteiger charge is 2.40. The molecule has 2 aromatic carbocycles. The molecule has 0 saturated heterocycles. The average Bonchev–Trinajstić information content (AvgIpc) is 2.62. The van der Waals surface area contributed by atoms with Crippen molar-refractivity contribution in [1.82, 2.24) is 0 Å². The standard InChI is InChI=1S/C20H16O5/c1-9-8-10-6-7-12-16(14(10)20(24)17(9)21)19(23)11-4-3-5-13(25-2)15(11)18(12)22/h3-7,9,17,21H,8H2,1-2H3/t9-,17-/m0/s1. The van der Waals surface area contributed by atoms with E-state index in [1.807, 2.05) is 0 Å². The normalized spacial score (nSPS) is 21.5. The Hall–Kier alpha value is -2.79. The van der Waals surface area contributed by atoms with Gasteiger partial charge in [-0.25, -0.2) is 0 Å². The number of carbonyl (C=O) groups excluding carboxylic acids is 3. The maximum atomic E-state index is 13.1. The van der Waals surface area contributed by atoms with E-state index in [9.17, 15) is 19.5 Å². The molecule has 5 nitrogen and oxygen atoms in total. The van der Waals surface area contributed by atoms with Crippen LogP contribution in [0.5, 0.6) is 5.75 Å². The molecule has 2 atom stereocenters. The van der Waals surface area contributed by atoms with E-state index in [1.165, 1.54) is 7.11 Å². The topological polar surface area (TPSA) is 80.7 Å². The number of methoxy groups -OCH3 is 1. The first kappa shape index (κ1) is 15.7. The van der Waals surface area contributed by atoms with E-state index in [4.69, 9.17) is 4.74 Å². The van der Waals surface area contributed by atoms with Gasteiger partial charge in [-0.15, -0.1) is 0 Å².